The molecular weight excluding hydrogens is 231 g/mol. The van der Waals surface area contributed by atoms with Crippen molar-refractivity contribution in [2.75, 3.05) is 31.7 Å². The summed E-state index contributed by atoms with van der Waals surface area (Å²) in [7, 11) is 1.93. The molecule has 1 atom stereocenters. The number of nitrogens with two attached hydrogens (primary N) is 1. The molecule has 4 heteroatoms. The first-order chi connectivity index (χ1) is 8.69. The summed E-state index contributed by atoms with van der Waals surface area (Å²) in [6.45, 7) is 1.98. The number of halogens is 1. The second kappa shape index (κ2) is 5.67. The first-order valence-electron chi connectivity index (χ1n) is 6.46. The predicted molar refractivity (Wildman–Crippen MR) is 71.3 cm³/mol. The molecule has 1 aromatic carbocycles. The number of rotatable bonds is 3. The third-order valence-electron chi connectivity index (χ3n) is 3.95. The summed E-state index contributed by atoms with van der Waals surface area (Å²) in [5.41, 5.74) is 6.40. The van der Waals surface area contributed by atoms with Crippen molar-refractivity contribution in [3.63, 3.8) is 0 Å². The highest BCUT2D eigenvalue weighted by atomic mass is 19.1. The van der Waals surface area contributed by atoms with Crippen molar-refractivity contribution in [3.8, 4) is 0 Å². The molecule has 1 aliphatic heterocycles. The van der Waals surface area contributed by atoms with E-state index in [9.17, 15) is 4.39 Å². The van der Waals surface area contributed by atoms with Crippen LogP contribution in [-0.2, 0) is 4.74 Å². The van der Waals surface area contributed by atoms with Crippen molar-refractivity contribution in [3.05, 3.63) is 30.1 Å². The third kappa shape index (κ3) is 2.49. The minimum atomic E-state index is -0.196. The van der Waals surface area contributed by atoms with Gasteiger partial charge in [0, 0.05) is 26.8 Å². The zero-order valence-corrected chi connectivity index (χ0v) is 10.9. The molecule has 1 aliphatic rings. The number of hydrogen-bond donors (Lipinski definition) is 1. The molecule has 3 nitrogen and oxygen atoms in total. The lowest BCUT2D eigenvalue weighted by atomic mass is 9.88. The zero-order valence-electron chi connectivity index (χ0n) is 10.9. The SMILES string of the molecule is CN(c1ccccc1F)C1(CN)CCCOCC1. The molecule has 2 rings (SSSR count). The van der Waals surface area contributed by atoms with Crippen LogP contribution in [0.4, 0.5) is 10.1 Å². The Bertz CT molecular complexity index is 389. The highest BCUT2D eigenvalue weighted by molar-refractivity contribution is 5.49. The summed E-state index contributed by atoms with van der Waals surface area (Å²) in [5, 5.41) is 0. The Morgan fingerprint density at radius 1 is 1.33 bits per heavy atom. The Labute approximate surface area is 108 Å². The number of para-hydroxylation sites is 1. The second-order valence-corrected chi connectivity index (χ2v) is 4.90. The first-order valence-corrected chi connectivity index (χ1v) is 6.46. The van der Waals surface area contributed by atoms with Gasteiger partial charge in [0.05, 0.1) is 11.2 Å². The second-order valence-electron chi connectivity index (χ2n) is 4.90. The quantitative estimate of drug-likeness (QED) is 0.896. The molecule has 1 fully saturated rings. The van der Waals surface area contributed by atoms with E-state index in [2.05, 4.69) is 0 Å². The van der Waals surface area contributed by atoms with E-state index in [0.717, 1.165) is 25.9 Å². The molecule has 1 aromatic rings. The number of anilines is 1. The van der Waals surface area contributed by atoms with Crippen LogP contribution in [0.2, 0.25) is 0 Å². The molecule has 0 amide bonds. The standard InChI is InChI=1S/C14H21FN2O/c1-17(13-6-3-2-5-12(13)15)14(11-16)7-4-9-18-10-8-14/h2-3,5-6H,4,7-11,16H2,1H3. The fourth-order valence-corrected chi connectivity index (χ4v) is 2.65. The number of hydrogen-bond acceptors (Lipinski definition) is 3. The number of nitrogens with zero attached hydrogens (tertiary/aromatic N) is 1. The first kappa shape index (κ1) is 13.3. The van der Waals surface area contributed by atoms with Crippen LogP contribution in [0.3, 0.4) is 0 Å². The van der Waals surface area contributed by atoms with Gasteiger partial charge in [0.25, 0.3) is 0 Å². The molecule has 2 N–H and O–H groups in total. The van der Waals surface area contributed by atoms with Gasteiger partial charge >= 0.3 is 0 Å². The van der Waals surface area contributed by atoms with E-state index in [1.54, 1.807) is 12.1 Å². The van der Waals surface area contributed by atoms with Gasteiger partial charge in [0.2, 0.25) is 0 Å². The van der Waals surface area contributed by atoms with E-state index >= 15 is 0 Å². The van der Waals surface area contributed by atoms with Crippen LogP contribution in [0, 0.1) is 5.82 Å². The summed E-state index contributed by atoms with van der Waals surface area (Å²) < 4.78 is 19.4. The fourth-order valence-electron chi connectivity index (χ4n) is 2.65. The molecule has 18 heavy (non-hydrogen) atoms. The van der Waals surface area contributed by atoms with E-state index in [1.165, 1.54) is 6.07 Å². The lowest BCUT2D eigenvalue weighted by molar-refractivity contribution is 0.139. The summed E-state index contributed by atoms with van der Waals surface area (Å²) in [4.78, 5) is 2.00. The van der Waals surface area contributed by atoms with Gasteiger partial charge in [-0.25, -0.2) is 4.39 Å². The van der Waals surface area contributed by atoms with Crippen LogP contribution in [0.25, 0.3) is 0 Å². The topological polar surface area (TPSA) is 38.5 Å². The van der Waals surface area contributed by atoms with Crippen LogP contribution in [0.1, 0.15) is 19.3 Å². The Hall–Kier alpha value is -1.13. The summed E-state index contributed by atoms with van der Waals surface area (Å²) in [6.07, 6.45) is 2.75. The molecule has 0 radical (unpaired) electrons. The maximum atomic E-state index is 13.9. The summed E-state index contributed by atoms with van der Waals surface area (Å²) in [5.74, 6) is -0.196. The van der Waals surface area contributed by atoms with Crippen molar-refractivity contribution < 1.29 is 9.13 Å². The van der Waals surface area contributed by atoms with E-state index in [4.69, 9.17) is 10.5 Å². The number of benzene rings is 1. The molecular formula is C14H21FN2O. The van der Waals surface area contributed by atoms with Gasteiger partial charge in [-0.1, -0.05) is 12.1 Å². The Kier molecular flexibility index (Phi) is 4.19. The van der Waals surface area contributed by atoms with Gasteiger partial charge in [-0.2, -0.15) is 0 Å². The highest BCUT2D eigenvalue weighted by Crippen LogP contribution is 2.32. The van der Waals surface area contributed by atoms with Crippen LogP contribution < -0.4 is 10.6 Å². The predicted octanol–water partition coefficient (Wildman–Crippen LogP) is 2.16. The largest absolute Gasteiger partial charge is 0.381 e. The zero-order chi connectivity index (χ0) is 13.0. The smallest absolute Gasteiger partial charge is 0.146 e. The molecule has 0 spiro atoms. The molecule has 1 unspecified atom stereocenters. The van der Waals surface area contributed by atoms with Crippen molar-refractivity contribution >= 4 is 5.69 Å². The maximum absolute atomic E-state index is 13.9. The van der Waals surface area contributed by atoms with Crippen molar-refractivity contribution in [2.45, 2.75) is 24.8 Å². The average molecular weight is 252 g/mol. The van der Waals surface area contributed by atoms with E-state index in [1.807, 2.05) is 18.0 Å². The van der Waals surface area contributed by atoms with E-state index in [-0.39, 0.29) is 11.4 Å². The third-order valence-corrected chi connectivity index (χ3v) is 3.95. The van der Waals surface area contributed by atoms with Gasteiger partial charge in [-0.15, -0.1) is 0 Å². The van der Waals surface area contributed by atoms with Gasteiger partial charge in [0.15, 0.2) is 0 Å². The summed E-state index contributed by atoms with van der Waals surface area (Å²) in [6, 6.07) is 6.85. The maximum Gasteiger partial charge on any atom is 0.146 e. The molecule has 0 aliphatic carbocycles. The van der Waals surface area contributed by atoms with Crippen molar-refractivity contribution in [2.24, 2.45) is 5.73 Å². The monoisotopic (exact) mass is 252 g/mol. The lowest BCUT2D eigenvalue weighted by Crippen LogP contribution is -2.53. The minimum Gasteiger partial charge on any atom is -0.381 e. The average Bonchev–Trinajstić information content (AvgIpc) is 2.65. The van der Waals surface area contributed by atoms with Crippen LogP contribution in [0.5, 0.6) is 0 Å². The Morgan fingerprint density at radius 3 is 2.83 bits per heavy atom. The normalized spacial score (nSPS) is 24.6. The van der Waals surface area contributed by atoms with Crippen LogP contribution in [-0.4, -0.2) is 32.3 Å². The minimum absolute atomic E-state index is 0.196. The van der Waals surface area contributed by atoms with E-state index < -0.39 is 0 Å². The fraction of sp³-hybridized carbons (Fsp3) is 0.571. The number of likely N-dealkylation sites (N-methyl/N-ethyl adjacent to an activating group) is 1. The Morgan fingerprint density at radius 2 is 2.11 bits per heavy atom. The van der Waals surface area contributed by atoms with Crippen LogP contribution in [0.15, 0.2) is 24.3 Å². The van der Waals surface area contributed by atoms with Gasteiger partial charge < -0.3 is 15.4 Å². The molecule has 0 bridgehead atoms. The van der Waals surface area contributed by atoms with Gasteiger partial charge in [0.1, 0.15) is 5.82 Å². The molecule has 0 aromatic heterocycles. The molecule has 1 saturated heterocycles. The Balaban J connectivity index is 2.28. The lowest BCUT2D eigenvalue weighted by Gasteiger charge is -2.42. The van der Waals surface area contributed by atoms with Crippen molar-refractivity contribution in [1.29, 1.82) is 0 Å². The highest BCUT2D eigenvalue weighted by Gasteiger charge is 2.35. The molecule has 1 heterocycles. The van der Waals surface area contributed by atoms with Crippen LogP contribution >= 0.6 is 0 Å². The van der Waals surface area contributed by atoms with Gasteiger partial charge in [-0.05, 0) is 31.4 Å². The van der Waals surface area contributed by atoms with Gasteiger partial charge in [-0.3, -0.25) is 0 Å². The summed E-state index contributed by atoms with van der Waals surface area (Å²) >= 11 is 0. The van der Waals surface area contributed by atoms with Crippen molar-refractivity contribution in [1.82, 2.24) is 0 Å². The number of ether oxygens (including phenoxy) is 1. The molecule has 0 saturated carbocycles. The van der Waals surface area contributed by atoms with E-state index in [0.29, 0.717) is 18.8 Å². The molecule has 100 valence electrons.